The SMILES string of the molecule is C[C@H](Nc1cncc(Br)c1)C1CCC1. The second kappa shape index (κ2) is 4.30. The summed E-state index contributed by atoms with van der Waals surface area (Å²) >= 11 is 3.42. The maximum atomic E-state index is 4.13. The summed E-state index contributed by atoms with van der Waals surface area (Å²) in [7, 11) is 0. The van der Waals surface area contributed by atoms with Gasteiger partial charge in [0.15, 0.2) is 0 Å². The minimum absolute atomic E-state index is 0.569. The fraction of sp³-hybridized carbons (Fsp3) is 0.545. The monoisotopic (exact) mass is 254 g/mol. The summed E-state index contributed by atoms with van der Waals surface area (Å²) in [5, 5.41) is 3.49. The lowest BCUT2D eigenvalue weighted by atomic mass is 9.80. The van der Waals surface area contributed by atoms with Gasteiger partial charge in [-0.05, 0) is 47.7 Å². The second-order valence-electron chi connectivity index (χ2n) is 4.02. The van der Waals surface area contributed by atoms with Gasteiger partial charge in [0.05, 0.1) is 11.9 Å². The van der Waals surface area contributed by atoms with Gasteiger partial charge >= 0.3 is 0 Å². The van der Waals surface area contributed by atoms with E-state index in [1.54, 1.807) is 6.20 Å². The molecule has 1 aliphatic carbocycles. The van der Waals surface area contributed by atoms with E-state index in [4.69, 9.17) is 0 Å². The average molecular weight is 255 g/mol. The van der Waals surface area contributed by atoms with E-state index in [1.807, 2.05) is 6.20 Å². The van der Waals surface area contributed by atoms with E-state index in [0.29, 0.717) is 6.04 Å². The average Bonchev–Trinajstić information content (AvgIpc) is 1.99. The van der Waals surface area contributed by atoms with Gasteiger partial charge in [0, 0.05) is 16.7 Å². The molecule has 1 fully saturated rings. The van der Waals surface area contributed by atoms with E-state index in [-0.39, 0.29) is 0 Å². The molecule has 0 bridgehead atoms. The van der Waals surface area contributed by atoms with Crippen LogP contribution in [0, 0.1) is 5.92 Å². The van der Waals surface area contributed by atoms with Crippen LogP contribution in [0.2, 0.25) is 0 Å². The fourth-order valence-electron chi connectivity index (χ4n) is 1.81. The van der Waals surface area contributed by atoms with Crippen molar-refractivity contribution in [3.8, 4) is 0 Å². The molecule has 0 aliphatic heterocycles. The minimum atomic E-state index is 0.569. The number of hydrogen-bond donors (Lipinski definition) is 1. The second-order valence-corrected chi connectivity index (χ2v) is 4.93. The summed E-state index contributed by atoms with van der Waals surface area (Å²) in [5.41, 5.74) is 1.11. The number of halogens is 1. The van der Waals surface area contributed by atoms with Crippen LogP contribution >= 0.6 is 15.9 Å². The van der Waals surface area contributed by atoms with Gasteiger partial charge in [-0.3, -0.25) is 4.98 Å². The number of nitrogens with zero attached hydrogens (tertiary/aromatic N) is 1. The van der Waals surface area contributed by atoms with E-state index in [9.17, 15) is 0 Å². The van der Waals surface area contributed by atoms with Crippen LogP contribution in [0.4, 0.5) is 5.69 Å². The predicted molar refractivity (Wildman–Crippen MR) is 62.4 cm³/mol. The van der Waals surface area contributed by atoms with Crippen molar-refractivity contribution >= 4 is 21.6 Å². The molecule has 14 heavy (non-hydrogen) atoms. The van der Waals surface area contributed by atoms with E-state index in [0.717, 1.165) is 16.1 Å². The first kappa shape index (κ1) is 9.97. The largest absolute Gasteiger partial charge is 0.381 e. The molecule has 0 spiro atoms. The predicted octanol–water partition coefficient (Wildman–Crippen LogP) is 3.44. The highest BCUT2D eigenvalue weighted by molar-refractivity contribution is 9.10. The van der Waals surface area contributed by atoms with Gasteiger partial charge < -0.3 is 5.32 Å². The number of rotatable bonds is 3. The molecule has 1 aliphatic rings. The molecule has 3 heteroatoms. The van der Waals surface area contributed by atoms with Gasteiger partial charge in [-0.25, -0.2) is 0 Å². The van der Waals surface area contributed by atoms with Crippen molar-refractivity contribution in [1.82, 2.24) is 4.98 Å². The Kier molecular flexibility index (Phi) is 3.06. The Morgan fingerprint density at radius 3 is 2.86 bits per heavy atom. The summed E-state index contributed by atoms with van der Waals surface area (Å²) in [6, 6.07) is 2.64. The third kappa shape index (κ3) is 2.27. The Labute approximate surface area is 93.3 Å². The lowest BCUT2D eigenvalue weighted by Crippen LogP contribution is -2.30. The summed E-state index contributed by atoms with van der Waals surface area (Å²) in [6.45, 7) is 2.25. The van der Waals surface area contributed by atoms with Crippen LogP contribution in [0.1, 0.15) is 26.2 Å². The van der Waals surface area contributed by atoms with Crippen LogP contribution < -0.4 is 5.32 Å². The first-order chi connectivity index (χ1) is 6.75. The van der Waals surface area contributed by atoms with Crippen molar-refractivity contribution in [2.75, 3.05) is 5.32 Å². The molecule has 0 aromatic carbocycles. The Morgan fingerprint density at radius 2 is 2.29 bits per heavy atom. The molecular weight excluding hydrogens is 240 g/mol. The lowest BCUT2D eigenvalue weighted by Gasteiger charge is -2.32. The van der Waals surface area contributed by atoms with E-state index in [2.05, 4.69) is 39.2 Å². The standard InChI is InChI=1S/C11H15BrN2/c1-8(9-3-2-4-9)14-11-5-10(12)6-13-7-11/h5-9,14H,2-4H2,1H3/t8-/m0/s1. The van der Waals surface area contributed by atoms with Crippen molar-refractivity contribution in [2.24, 2.45) is 5.92 Å². The Bertz CT molecular complexity index is 310. The van der Waals surface area contributed by atoms with Gasteiger partial charge in [0.1, 0.15) is 0 Å². The summed E-state index contributed by atoms with van der Waals surface area (Å²) in [5.74, 6) is 0.856. The molecule has 1 heterocycles. The molecule has 0 radical (unpaired) electrons. The van der Waals surface area contributed by atoms with Crippen LogP contribution in [0.3, 0.4) is 0 Å². The van der Waals surface area contributed by atoms with E-state index >= 15 is 0 Å². The quantitative estimate of drug-likeness (QED) is 0.894. The summed E-state index contributed by atoms with van der Waals surface area (Å²) in [4.78, 5) is 4.13. The molecule has 1 atom stereocenters. The zero-order valence-corrected chi connectivity index (χ0v) is 9.92. The Balaban J connectivity index is 1.95. The van der Waals surface area contributed by atoms with Crippen molar-refractivity contribution in [1.29, 1.82) is 0 Å². The topological polar surface area (TPSA) is 24.9 Å². The highest BCUT2D eigenvalue weighted by Crippen LogP contribution is 2.31. The molecule has 0 saturated heterocycles. The van der Waals surface area contributed by atoms with Gasteiger partial charge in [-0.1, -0.05) is 6.42 Å². The molecule has 1 aromatic rings. The maximum absolute atomic E-state index is 4.13. The number of nitrogens with one attached hydrogen (secondary N) is 1. The molecular formula is C11H15BrN2. The van der Waals surface area contributed by atoms with Gasteiger partial charge in [0.25, 0.3) is 0 Å². The first-order valence-electron chi connectivity index (χ1n) is 5.13. The molecule has 0 amide bonds. The molecule has 2 nitrogen and oxygen atoms in total. The summed E-state index contributed by atoms with van der Waals surface area (Å²) < 4.78 is 1.03. The third-order valence-corrected chi connectivity index (χ3v) is 3.39. The number of pyridine rings is 1. The van der Waals surface area contributed by atoms with Crippen LogP contribution in [0.15, 0.2) is 22.9 Å². The molecule has 2 rings (SSSR count). The van der Waals surface area contributed by atoms with Gasteiger partial charge in [-0.15, -0.1) is 0 Å². The number of hydrogen-bond acceptors (Lipinski definition) is 2. The van der Waals surface area contributed by atoms with Crippen molar-refractivity contribution in [3.05, 3.63) is 22.9 Å². The van der Waals surface area contributed by atoms with Crippen LogP contribution in [0.5, 0.6) is 0 Å². The molecule has 1 aromatic heterocycles. The van der Waals surface area contributed by atoms with Gasteiger partial charge in [-0.2, -0.15) is 0 Å². The normalized spacial score (nSPS) is 18.7. The highest BCUT2D eigenvalue weighted by Gasteiger charge is 2.23. The maximum Gasteiger partial charge on any atom is 0.0540 e. The van der Waals surface area contributed by atoms with E-state index < -0.39 is 0 Å². The van der Waals surface area contributed by atoms with Crippen LogP contribution in [-0.2, 0) is 0 Å². The fourth-order valence-corrected chi connectivity index (χ4v) is 2.18. The van der Waals surface area contributed by atoms with Crippen molar-refractivity contribution < 1.29 is 0 Å². The summed E-state index contributed by atoms with van der Waals surface area (Å²) in [6.07, 6.45) is 7.82. The third-order valence-electron chi connectivity index (χ3n) is 2.96. The molecule has 1 saturated carbocycles. The van der Waals surface area contributed by atoms with Crippen LogP contribution in [-0.4, -0.2) is 11.0 Å². The number of anilines is 1. The van der Waals surface area contributed by atoms with Crippen molar-refractivity contribution in [2.45, 2.75) is 32.2 Å². The first-order valence-corrected chi connectivity index (χ1v) is 5.92. The highest BCUT2D eigenvalue weighted by atomic mass is 79.9. The smallest absolute Gasteiger partial charge is 0.0540 e. The van der Waals surface area contributed by atoms with E-state index in [1.165, 1.54) is 19.3 Å². The molecule has 76 valence electrons. The zero-order valence-electron chi connectivity index (χ0n) is 8.33. The zero-order chi connectivity index (χ0) is 9.97. The number of aromatic nitrogens is 1. The molecule has 1 N–H and O–H groups in total. The minimum Gasteiger partial charge on any atom is -0.381 e. The Morgan fingerprint density at radius 1 is 1.50 bits per heavy atom. The lowest BCUT2D eigenvalue weighted by molar-refractivity contribution is 0.285. The molecule has 0 unspecified atom stereocenters. The van der Waals surface area contributed by atoms with Crippen molar-refractivity contribution in [3.63, 3.8) is 0 Å². The van der Waals surface area contributed by atoms with Crippen LogP contribution in [0.25, 0.3) is 0 Å². The Hall–Kier alpha value is -0.570. The van der Waals surface area contributed by atoms with Gasteiger partial charge in [0.2, 0.25) is 0 Å².